The summed E-state index contributed by atoms with van der Waals surface area (Å²) in [5, 5.41) is 0.0948. The van der Waals surface area contributed by atoms with Crippen molar-refractivity contribution < 1.29 is 22.0 Å². The van der Waals surface area contributed by atoms with E-state index >= 15 is 0 Å². The molecule has 0 saturated carbocycles. The van der Waals surface area contributed by atoms with Crippen molar-refractivity contribution in [2.75, 3.05) is 5.75 Å². The molecule has 2 rings (SSSR count). The highest BCUT2D eigenvalue weighted by molar-refractivity contribution is 7.92. The van der Waals surface area contributed by atoms with Crippen LogP contribution in [0.2, 0.25) is 5.02 Å². The van der Waals surface area contributed by atoms with Crippen LogP contribution in [0.25, 0.3) is 0 Å². The van der Waals surface area contributed by atoms with Gasteiger partial charge in [0, 0.05) is 5.56 Å². The Hall–Kier alpha value is -1.79. The molecule has 0 unspecified atom stereocenters. The minimum atomic E-state index is -4.30. The number of ketones is 1. The summed E-state index contributed by atoms with van der Waals surface area (Å²) >= 11 is 5.80. The molecule has 2 aromatic carbocycles. The van der Waals surface area contributed by atoms with Gasteiger partial charge in [0.25, 0.3) is 0 Å². The van der Waals surface area contributed by atoms with Gasteiger partial charge in [-0.2, -0.15) is 0 Å². The number of carbonyl (C=O) groups excluding carboxylic acids is 1. The van der Waals surface area contributed by atoms with Crippen LogP contribution >= 0.6 is 11.6 Å². The van der Waals surface area contributed by atoms with Gasteiger partial charge in [-0.1, -0.05) is 23.7 Å². The lowest BCUT2D eigenvalue weighted by atomic mass is 10.1. The van der Waals surface area contributed by atoms with Gasteiger partial charge in [-0.3, -0.25) is 4.79 Å². The van der Waals surface area contributed by atoms with Crippen LogP contribution in [0, 0.1) is 11.6 Å². The Labute approximate surface area is 125 Å². The number of carbonyl (C=O) groups is 1. The first-order valence-electron chi connectivity index (χ1n) is 5.77. The standard InChI is InChI=1S/C14H9ClF2O3S/c15-11-4-2-1-3-10(11)13(18)8-21(19,20)14-7-9(16)5-6-12(14)17/h1-7H,8H2. The fourth-order valence-corrected chi connectivity index (χ4v) is 3.29. The van der Waals surface area contributed by atoms with Gasteiger partial charge < -0.3 is 0 Å². The average Bonchev–Trinajstić information content (AvgIpc) is 2.41. The molecule has 0 radical (unpaired) electrons. The molecule has 21 heavy (non-hydrogen) atoms. The minimum absolute atomic E-state index is 0.0135. The van der Waals surface area contributed by atoms with Crippen LogP contribution in [-0.4, -0.2) is 20.0 Å². The lowest BCUT2D eigenvalue weighted by molar-refractivity contribution is 0.102. The van der Waals surface area contributed by atoms with E-state index in [9.17, 15) is 22.0 Å². The molecule has 0 heterocycles. The monoisotopic (exact) mass is 330 g/mol. The molecule has 0 N–H and O–H groups in total. The van der Waals surface area contributed by atoms with E-state index in [-0.39, 0.29) is 10.6 Å². The summed E-state index contributed by atoms with van der Waals surface area (Å²) in [4.78, 5) is 11.1. The quantitative estimate of drug-likeness (QED) is 0.808. The van der Waals surface area contributed by atoms with Crippen molar-refractivity contribution in [2.45, 2.75) is 4.90 Å². The molecule has 110 valence electrons. The van der Waals surface area contributed by atoms with Gasteiger partial charge in [0.05, 0.1) is 5.02 Å². The summed E-state index contributed by atoms with van der Waals surface area (Å²) in [5.74, 6) is -3.79. The van der Waals surface area contributed by atoms with E-state index in [1.54, 1.807) is 6.07 Å². The number of sulfone groups is 1. The Morgan fingerprint density at radius 2 is 1.76 bits per heavy atom. The van der Waals surface area contributed by atoms with Crippen LogP contribution in [-0.2, 0) is 9.84 Å². The first-order valence-corrected chi connectivity index (χ1v) is 7.80. The molecule has 3 nitrogen and oxygen atoms in total. The van der Waals surface area contributed by atoms with Crippen LogP contribution in [0.1, 0.15) is 10.4 Å². The van der Waals surface area contributed by atoms with Crippen molar-refractivity contribution in [1.82, 2.24) is 0 Å². The lowest BCUT2D eigenvalue weighted by Crippen LogP contribution is -2.18. The normalized spacial score (nSPS) is 11.4. The van der Waals surface area contributed by atoms with E-state index < -0.39 is 37.9 Å². The van der Waals surface area contributed by atoms with Crippen molar-refractivity contribution in [3.8, 4) is 0 Å². The third-order valence-corrected chi connectivity index (χ3v) is 4.68. The van der Waals surface area contributed by atoms with Crippen LogP contribution in [0.15, 0.2) is 47.4 Å². The topological polar surface area (TPSA) is 51.2 Å². The maximum Gasteiger partial charge on any atom is 0.188 e. The number of halogens is 3. The molecular formula is C14H9ClF2O3S. The molecule has 2 aromatic rings. The molecule has 0 spiro atoms. The maximum atomic E-state index is 13.5. The molecule has 0 aliphatic rings. The zero-order valence-electron chi connectivity index (χ0n) is 10.5. The zero-order valence-corrected chi connectivity index (χ0v) is 12.1. The Morgan fingerprint density at radius 3 is 2.43 bits per heavy atom. The SMILES string of the molecule is O=C(CS(=O)(=O)c1cc(F)ccc1F)c1ccccc1Cl. The summed E-state index contributed by atoms with van der Waals surface area (Å²) in [6.07, 6.45) is 0. The maximum absolute atomic E-state index is 13.5. The number of hydrogen-bond donors (Lipinski definition) is 0. The van der Waals surface area contributed by atoms with Crippen LogP contribution in [0.5, 0.6) is 0 Å². The smallest absolute Gasteiger partial charge is 0.188 e. The molecule has 0 aromatic heterocycles. The highest BCUT2D eigenvalue weighted by Gasteiger charge is 2.25. The van der Waals surface area contributed by atoms with Gasteiger partial charge in [-0.05, 0) is 30.3 Å². The summed E-state index contributed by atoms with van der Waals surface area (Å²) in [6, 6.07) is 7.94. The Morgan fingerprint density at radius 1 is 1.10 bits per heavy atom. The van der Waals surface area contributed by atoms with E-state index in [1.807, 2.05) is 0 Å². The predicted octanol–water partition coefficient (Wildman–Crippen LogP) is 3.27. The molecule has 0 aliphatic heterocycles. The third-order valence-electron chi connectivity index (χ3n) is 2.72. The van der Waals surface area contributed by atoms with Gasteiger partial charge >= 0.3 is 0 Å². The van der Waals surface area contributed by atoms with Gasteiger partial charge in [-0.15, -0.1) is 0 Å². The van der Waals surface area contributed by atoms with E-state index in [0.29, 0.717) is 12.1 Å². The van der Waals surface area contributed by atoms with Crippen LogP contribution < -0.4 is 0 Å². The van der Waals surface area contributed by atoms with Gasteiger partial charge in [0.2, 0.25) is 0 Å². The molecule has 0 atom stereocenters. The molecule has 7 heteroatoms. The fraction of sp³-hybridized carbons (Fsp3) is 0.0714. The lowest BCUT2D eigenvalue weighted by Gasteiger charge is -2.06. The summed E-state index contributed by atoms with van der Waals surface area (Å²) in [7, 11) is -4.30. The van der Waals surface area contributed by atoms with Crippen molar-refractivity contribution >= 4 is 27.2 Å². The highest BCUT2D eigenvalue weighted by atomic mass is 35.5. The molecule has 0 bridgehead atoms. The molecule has 0 aliphatic carbocycles. The predicted molar refractivity (Wildman–Crippen MR) is 74.2 cm³/mol. The second kappa shape index (κ2) is 5.91. The van der Waals surface area contributed by atoms with Gasteiger partial charge in [0.1, 0.15) is 22.3 Å². The van der Waals surface area contributed by atoms with E-state index in [4.69, 9.17) is 11.6 Å². The first kappa shape index (κ1) is 15.6. The van der Waals surface area contributed by atoms with E-state index in [1.165, 1.54) is 18.2 Å². The van der Waals surface area contributed by atoms with Crippen molar-refractivity contribution in [3.05, 3.63) is 64.7 Å². The van der Waals surface area contributed by atoms with Crippen molar-refractivity contribution in [2.24, 2.45) is 0 Å². The number of hydrogen-bond acceptors (Lipinski definition) is 3. The van der Waals surface area contributed by atoms with Crippen LogP contribution in [0.4, 0.5) is 8.78 Å². The zero-order chi connectivity index (χ0) is 15.6. The van der Waals surface area contributed by atoms with Crippen molar-refractivity contribution in [1.29, 1.82) is 0 Å². The van der Waals surface area contributed by atoms with E-state index in [2.05, 4.69) is 0 Å². The fourth-order valence-electron chi connectivity index (χ4n) is 1.73. The second-order valence-electron chi connectivity index (χ2n) is 4.24. The summed E-state index contributed by atoms with van der Waals surface area (Å²) in [6.45, 7) is 0. The molecule has 0 fully saturated rings. The Balaban J connectivity index is 2.36. The van der Waals surface area contributed by atoms with Gasteiger partial charge in [-0.25, -0.2) is 17.2 Å². The second-order valence-corrected chi connectivity index (χ2v) is 6.60. The third kappa shape index (κ3) is 3.46. The number of Topliss-reactive ketones (excluding diaryl/α,β-unsaturated/α-hetero) is 1. The average molecular weight is 331 g/mol. The number of benzene rings is 2. The number of rotatable bonds is 4. The van der Waals surface area contributed by atoms with Crippen LogP contribution in [0.3, 0.4) is 0 Å². The highest BCUT2D eigenvalue weighted by Crippen LogP contribution is 2.21. The molecule has 0 saturated heterocycles. The molecule has 0 amide bonds. The summed E-state index contributed by atoms with van der Waals surface area (Å²) in [5.41, 5.74) is 0.0135. The largest absolute Gasteiger partial charge is 0.293 e. The molecular weight excluding hydrogens is 322 g/mol. The Bertz CT molecular complexity index is 804. The summed E-state index contributed by atoms with van der Waals surface area (Å²) < 4.78 is 50.6. The minimum Gasteiger partial charge on any atom is -0.293 e. The van der Waals surface area contributed by atoms with Crippen molar-refractivity contribution in [3.63, 3.8) is 0 Å². The van der Waals surface area contributed by atoms with E-state index in [0.717, 1.165) is 6.07 Å². The Kier molecular flexibility index (Phi) is 4.39. The first-order chi connectivity index (χ1) is 9.81. The van der Waals surface area contributed by atoms with Gasteiger partial charge in [0.15, 0.2) is 15.6 Å².